The number of hydrogen-bond donors (Lipinski definition) is 4. The third-order valence-electron chi connectivity index (χ3n) is 4.83. The summed E-state index contributed by atoms with van der Waals surface area (Å²) in [7, 11) is 1.69. The van der Waals surface area contributed by atoms with Gasteiger partial charge in [0, 0.05) is 31.3 Å². The second kappa shape index (κ2) is 16.5. The van der Waals surface area contributed by atoms with Crippen LogP contribution in [0.15, 0.2) is 24.3 Å². The number of nitrogens with two attached hydrogens (primary N) is 3. The first kappa shape index (κ1) is 27.7. The number of unbranched alkanes of at least 4 members (excludes halogenated alkanes) is 1. The fraction of sp³-hybridized carbons (Fsp3) is 0.591. The maximum absolute atomic E-state index is 11.0. The Bertz CT molecular complexity index is 616. The molecule has 1 fully saturated rings. The van der Waals surface area contributed by atoms with Crippen LogP contribution in [0.4, 0.5) is 5.69 Å². The molecule has 0 radical (unpaired) electrons. The number of carbonyl (C=O) groups excluding carboxylic acids is 2. The summed E-state index contributed by atoms with van der Waals surface area (Å²) in [5, 5.41) is 8.33. The standard InChI is InChI=1S/C10H11NO2.C6H14N2O2.C6H13N/c1-8(13)11(2)10-5-3-9(7-12)4-6-10;7-4-2-1-3-5(8)6(9)10;7-6-4-2-1-3-5-6/h3-7H,1-2H3;5H,1-4,7-8H2,(H,9,10);6H,1-5,7H2/t;5-;/m.0./s1. The summed E-state index contributed by atoms with van der Waals surface area (Å²) >= 11 is 0. The van der Waals surface area contributed by atoms with Crippen LogP contribution < -0.4 is 22.1 Å². The fourth-order valence-corrected chi connectivity index (χ4v) is 2.72. The van der Waals surface area contributed by atoms with Crippen LogP contribution in [-0.2, 0) is 9.59 Å². The summed E-state index contributed by atoms with van der Waals surface area (Å²) in [5.41, 5.74) is 17.5. The number of amides is 1. The molecule has 7 N–H and O–H groups in total. The summed E-state index contributed by atoms with van der Waals surface area (Å²) in [6, 6.07) is 6.67. The molecule has 1 aromatic rings. The third kappa shape index (κ3) is 13.0. The van der Waals surface area contributed by atoms with E-state index in [4.69, 9.17) is 22.3 Å². The van der Waals surface area contributed by atoms with Crippen LogP contribution in [0, 0.1) is 0 Å². The van der Waals surface area contributed by atoms with E-state index in [-0.39, 0.29) is 5.91 Å². The van der Waals surface area contributed by atoms with Crippen LogP contribution >= 0.6 is 0 Å². The highest BCUT2D eigenvalue weighted by Crippen LogP contribution is 2.15. The van der Waals surface area contributed by atoms with E-state index in [0.29, 0.717) is 24.6 Å². The van der Waals surface area contributed by atoms with Crippen molar-refractivity contribution in [3.63, 3.8) is 0 Å². The average molecular weight is 423 g/mol. The molecule has 0 spiro atoms. The van der Waals surface area contributed by atoms with Gasteiger partial charge in [0.1, 0.15) is 12.3 Å². The van der Waals surface area contributed by atoms with Crippen molar-refractivity contribution in [1.29, 1.82) is 0 Å². The zero-order chi connectivity index (χ0) is 22.9. The van der Waals surface area contributed by atoms with Gasteiger partial charge in [-0.1, -0.05) is 25.7 Å². The van der Waals surface area contributed by atoms with E-state index in [0.717, 1.165) is 24.8 Å². The summed E-state index contributed by atoms with van der Waals surface area (Å²) in [6.45, 7) is 2.10. The maximum atomic E-state index is 11.0. The van der Waals surface area contributed by atoms with E-state index in [1.807, 2.05) is 0 Å². The lowest BCUT2D eigenvalue weighted by Gasteiger charge is -2.15. The van der Waals surface area contributed by atoms with Gasteiger partial charge in [-0.05, 0) is 56.5 Å². The predicted molar refractivity (Wildman–Crippen MR) is 120 cm³/mol. The molecule has 1 aliphatic rings. The number of carbonyl (C=O) groups is 3. The first-order valence-electron chi connectivity index (χ1n) is 10.5. The van der Waals surface area contributed by atoms with Gasteiger partial charge in [0.05, 0.1) is 0 Å². The zero-order valence-corrected chi connectivity index (χ0v) is 18.3. The van der Waals surface area contributed by atoms with Gasteiger partial charge in [-0.3, -0.25) is 14.4 Å². The molecule has 170 valence electrons. The van der Waals surface area contributed by atoms with Crippen LogP contribution in [0.5, 0.6) is 0 Å². The normalized spacial score (nSPS) is 14.3. The Hall–Kier alpha value is -2.29. The molecule has 30 heavy (non-hydrogen) atoms. The van der Waals surface area contributed by atoms with Gasteiger partial charge in [0.15, 0.2) is 0 Å². The second-order valence-corrected chi connectivity index (χ2v) is 7.41. The lowest BCUT2D eigenvalue weighted by atomic mass is 9.97. The monoisotopic (exact) mass is 422 g/mol. The highest BCUT2D eigenvalue weighted by molar-refractivity contribution is 5.91. The van der Waals surface area contributed by atoms with Crippen molar-refractivity contribution in [1.82, 2.24) is 0 Å². The molecule has 0 saturated heterocycles. The molecule has 8 nitrogen and oxygen atoms in total. The molecule has 0 bridgehead atoms. The van der Waals surface area contributed by atoms with Crippen molar-refractivity contribution < 1.29 is 19.5 Å². The Balaban J connectivity index is 0.000000441. The topological polar surface area (TPSA) is 153 Å². The van der Waals surface area contributed by atoms with E-state index in [9.17, 15) is 14.4 Å². The zero-order valence-electron chi connectivity index (χ0n) is 18.3. The number of rotatable bonds is 7. The number of carboxylic acid groups (broad SMARTS) is 1. The number of hydrogen-bond acceptors (Lipinski definition) is 6. The first-order chi connectivity index (χ1) is 14.2. The summed E-state index contributed by atoms with van der Waals surface area (Å²) in [5.74, 6) is -0.962. The minimum Gasteiger partial charge on any atom is -0.480 e. The average Bonchev–Trinajstić information content (AvgIpc) is 2.74. The van der Waals surface area contributed by atoms with Gasteiger partial charge in [0.2, 0.25) is 5.91 Å². The molecule has 0 unspecified atom stereocenters. The second-order valence-electron chi connectivity index (χ2n) is 7.41. The number of benzene rings is 1. The number of nitrogens with zero attached hydrogens (tertiary/aromatic N) is 1. The Morgan fingerprint density at radius 3 is 2.10 bits per heavy atom. The van der Waals surface area contributed by atoms with E-state index in [2.05, 4.69) is 0 Å². The number of anilines is 1. The molecule has 8 heteroatoms. The van der Waals surface area contributed by atoms with E-state index < -0.39 is 12.0 Å². The third-order valence-corrected chi connectivity index (χ3v) is 4.83. The van der Waals surface area contributed by atoms with Gasteiger partial charge in [-0.15, -0.1) is 0 Å². The van der Waals surface area contributed by atoms with E-state index in [1.165, 1.54) is 43.9 Å². The largest absolute Gasteiger partial charge is 0.480 e. The lowest BCUT2D eigenvalue weighted by Crippen LogP contribution is -2.29. The Morgan fingerprint density at radius 2 is 1.73 bits per heavy atom. The molecule has 1 atom stereocenters. The quantitative estimate of drug-likeness (QED) is 0.388. The Kier molecular flexibility index (Phi) is 15.2. The van der Waals surface area contributed by atoms with Crippen LogP contribution in [0.1, 0.15) is 68.6 Å². The van der Waals surface area contributed by atoms with E-state index in [1.54, 1.807) is 31.3 Å². The molecule has 1 saturated carbocycles. The minimum atomic E-state index is -0.933. The molecular formula is C22H38N4O4. The molecule has 0 heterocycles. The number of aliphatic carboxylic acids is 1. The molecule has 1 amide bonds. The van der Waals surface area contributed by atoms with Crippen molar-refractivity contribution >= 4 is 23.9 Å². The molecule has 1 aromatic carbocycles. The first-order valence-corrected chi connectivity index (χ1v) is 10.5. The molecule has 1 aliphatic carbocycles. The SMILES string of the molecule is CC(=O)N(C)c1ccc(C=O)cc1.NC1CCCCC1.NCCCC[C@H](N)C(=O)O. The fourth-order valence-electron chi connectivity index (χ4n) is 2.72. The number of aldehydes is 1. The van der Waals surface area contributed by atoms with Crippen LogP contribution in [0.3, 0.4) is 0 Å². The van der Waals surface area contributed by atoms with Gasteiger partial charge >= 0.3 is 5.97 Å². The molecular weight excluding hydrogens is 384 g/mol. The Morgan fingerprint density at radius 1 is 1.17 bits per heavy atom. The summed E-state index contributed by atoms with van der Waals surface area (Å²) in [4.78, 5) is 33.0. The highest BCUT2D eigenvalue weighted by Gasteiger charge is 2.09. The molecule has 2 rings (SSSR count). The summed E-state index contributed by atoms with van der Waals surface area (Å²) in [6.07, 6.45) is 9.60. The van der Waals surface area contributed by atoms with Crippen LogP contribution in [-0.4, -0.2) is 48.9 Å². The van der Waals surface area contributed by atoms with Crippen molar-refractivity contribution in [3.05, 3.63) is 29.8 Å². The smallest absolute Gasteiger partial charge is 0.320 e. The predicted octanol–water partition coefficient (Wildman–Crippen LogP) is 2.29. The van der Waals surface area contributed by atoms with E-state index >= 15 is 0 Å². The number of carboxylic acids is 1. The van der Waals surface area contributed by atoms with Gasteiger partial charge in [-0.25, -0.2) is 0 Å². The Labute approximate surface area is 179 Å². The molecule has 0 aromatic heterocycles. The maximum Gasteiger partial charge on any atom is 0.320 e. The van der Waals surface area contributed by atoms with Gasteiger partial charge in [-0.2, -0.15) is 0 Å². The molecule has 0 aliphatic heterocycles. The minimum absolute atomic E-state index is 0.0288. The van der Waals surface area contributed by atoms with Crippen molar-refractivity contribution in [3.8, 4) is 0 Å². The van der Waals surface area contributed by atoms with Crippen LogP contribution in [0.25, 0.3) is 0 Å². The van der Waals surface area contributed by atoms with Crippen molar-refractivity contribution in [2.24, 2.45) is 17.2 Å². The summed E-state index contributed by atoms with van der Waals surface area (Å²) < 4.78 is 0. The lowest BCUT2D eigenvalue weighted by molar-refractivity contribution is -0.138. The van der Waals surface area contributed by atoms with Gasteiger partial charge < -0.3 is 27.2 Å². The van der Waals surface area contributed by atoms with Gasteiger partial charge in [0.25, 0.3) is 0 Å². The van der Waals surface area contributed by atoms with Crippen molar-refractivity contribution in [2.75, 3.05) is 18.5 Å². The van der Waals surface area contributed by atoms with Crippen molar-refractivity contribution in [2.45, 2.75) is 70.4 Å². The highest BCUT2D eigenvalue weighted by atomic mass is 16.4. The van der Waals surface area contributed by atoms with Crippen LogP contribution in [0.2, 0.25) is 0 Å².